The third kappa shape index (κ3) is 6.53. The summed E-state index contributed by atoms with van der Waals surface area (Å²) in [5, 5.41) is 11.2. The van der Waals surface area contributed by atoms with Crippen molar-refractivity contribution in [2.45, 2.75) is 12.7 Å². The summed E-state index contributed by atoms with van der Waals surface area (Å²) in [6.45, 7) is 0.779. The SMILES string of the molecule is O=C([O-])C(F)(F)F.S=P(c1ccccc1)(c1ccccc1)c1c[n+](C/C=C/c2ccccc2)c2ccccn12. The molecule has 5 aromatic rings. The Bertz CT molecular complexity index is 1580. The van der Waals surface area contributed by atoms with E-state index in [0.29, 0.717) is 0 Å². The fourth-order valence-corrected chi connectivity index (χ4v) is 7.99. The van der Waals surface area contributed by atoms with Gasteiger partial charge in [-0.3, -0.25) is 0 Å². The molecule has 0 atom stereocenters. The molecule has 0 aliphatic heterocycles. The van der Waals surface area contributed by atoms with E-state index >= 15 is 0 Å². The van der Waals surface area contributed by atoms with E-state index in [-0.39, 0.29) is 0 Å². The molecule has 0 bridgehead atoms. The highest BCUT2D eigenvalue weighted by Gasteiger charge is 2.33. The van der Waals surface area contributed by atoms with Crippen molar-refractivity contribution >= 4 is 51.6 Å². The largest absolute Gasteiger partial charge is 0.542 e. The van der Waals surface area contributed by atoms with Crippen molar-refractivity contribution in [3.63, 3.8) is 0 Å². The van der Waals surface area contributed by atoms with Crippen LogP contribution in [0.3, 0.4) is 0 Å². The van der Waals surface area contributed by atoms with Crippen LogP contribution in [0.25, 0.3) is 11.7 Å². The number of carboxylic acids is 1. The van der Waals surface area contributed by atoms with Gasteiger partial charge in [0, 0.05) is 6.07 Å². The van der Waals surface area contributed by atoms with Gasteiger partial charge in [0.25, 0.3) is 5.65 Å². The smallest absolute Gasteiger partial charge is 0.430 e. The molecule has 0 aliphatic rings. The Morgan fingerprint density at radius 2 is 1.33 bits per heavy atom. The van der Waals surface area contributed by atoms with E-state index < -0.39 is 18.2 Å². The summed E-state index contributed by atoms with van der Waals surface area (Å²) >= 11 is 6.59. The summed E-state index contributed by atoms with van der Waals surface area (Å²) in [5.41, 5.74) is 3.52. The lowest BCUT2D eigenvalue weighted by atomic mass is 10.2. The number of hydrogen-bond donors (Lipinski definition) is 0. The zero-order chi connectivity index (χ0) is 27.9. The molecule has 4 nitrogen and oxygen atoms in total. The Kier molecular flexibility index (Phi) is 8.79. The number of imidazole rings is 1. The van der Waals surface area contributed by atoms with Crippen LogP contribution in [-0.2, 0) is 23.1 Å². The number of aromatic nitrogens is 2. The number of benzene rings is 3. The van der Waals surface area contributed by atoms with E-state index in [9.17, 15) is 13.2 Å². The van der Waals surface area contributed by atoms with Crippen LogP contribution >= 0.6 is 6.04 Å². The Balaban J connectivity index is 0.000000448. The Labute approximate surface area is 229 Å². The molecular weight excluding hydrogens is 540 g/mol. The lowest BCUT2D eigenvalue weighted by Crippen LogP contribution is -2.37. The summed E-state index contributed by atoms with van der Waals surface area (Å²) < 4.78 is 36.1. The van der Waals surface area contributed by atoms with Crippen molar-refractivity contribution in [3.8, 4) is 0 Å². The van der Waals surface area contributed by atoms with Crippen LogP contribution in [0, 0.1) is 0 Å². The Morgan fingerprint density at radius 3 is 1.85 bits per heavy atom. The van der Waals surface area contributed by atoms with Gasteiger partial charge < -0.3 is 9.90 Å². The lowest BCUT2D eigenvalue weighted by Gasteiger charge is -2.20. The molecule has 39 heavy (non-hydrogen) atoms. The van der Waals surface area contributed by atoms with E-state index in [1.54, 1.807) is 0 Å². The summed E-state index contributed by atoms with van der Waals surface area (Å²) in [5.74, 6) is -3.01. The first-order valence-corrected chi connectivity index (χ1v) is 14.7. The number of alkyl halides is 3. The molecule has 5 rings (SSSR count). The summed E-state index contributed by atoms with van der Waals surface area (Å²) in [4.78, 5) is 8.78. The van der Waals surface area contributed by atoms with Gasteiger partial charge in [-0.1, -0.05) is 115 Å². The molecule has 0 N–H and O–H groups in total. The predicted molar refractivity (Wildman–Crippen MR) is 150 cm³/mol. The third-order valence-electron chi connectivity index (χ3n) is 5.86. The molecule has 0 fully saturated rings. The zero-order valence-electron chi connectivity index (χ0n) is 20.6. The van der Waals surface area contributed by atoms with Crippen LogP contribution in [0.2, 0.25) is 0 Å². The second-order valence-corrected chi connectivity index (χ2v) is 12.8. The van der Waals surface area contributed by atoms with Gasteiger partial charge in [0.2, 0.25) is 0 Å². The number of hydrogen-bond acceptors (Lipinski definition) is 3. The fourth-order valence-electron chi connectivity index (χ4n) is 4.06. The number of allylic oxidation sites excluding steroid dienone is 1. The maximum Gasteiger partial charge on any atom is 0.430 e. The number of aliphatic carboxylic acids is 1. The van der Waals surface area contributed by atoms with Gasteiger partial charge in [0.05, 0.1) is 12.2 Å². The second kappa shape index (κ2) is 12.2. The molecule has 198 valence electrons. The monoisotopic (exact) mass is 564 g/mol. The second-order valence-electron chi connectivity index (χ2n) is 8.45. The topological polar surface area (TPSA) is 48.4 Å². The highest BCUT2D eigenvalue weighted by atomic mass is 32.4. The van der Waals surface area contributed by atoms with E-state index in [1.807, 2.05) is 6.07 Å². The minimum Gasteiger partial charge on any atom is -0.542 e. The number of fused-ring (bicyclic) bond motifs is 1. The lowest BCUT2D eigenvalue weighted by molar-refractivity contribution is -0.659. The molecule has 2 heterocycles. The van der Waals surface area contributed by atoms with E-state index in [2.05, 4.69) is 137 Å². The zero-order valence-corrected chi connectivity index (χ0v) is 22.3. The van der Waals surface area contributed by atoms with Crippen molar-refractivity contribution in [1.82, 2.24) is 4.40 Å². The molecule has 0 amide bonds. The summed E-state index contributed by atoms with van der Waals surface area (Å²) in [6, 6.07) is 35.7. The number of carbonyl (C=O) groups excluding carboxylic acids is 1. The van der Waals surface area contributed by atoms with Gasteiger partial charge in [0.15, 0.2) is 5.44 Å². The number of carboxylic acid groups (broad SMARTS) is 1. The van der Waals surface area contributed by atoms with Crippen LogP contribution in [0.15, 0.2) is 128 Å². The molecule has 0 unspecified atom stereocenters. The average Bonchev–Trinajstić information content (AvgIpc) is 3.33. The standard InChI is InChI=1S/C28H24N2PS.C2HF3O2/c32-31(25-16-6-2-7-17-25,26-18-8-3-9-19-26)28-23-29(27-20-10-11-22-30(27)28)21-12-15-24-13-4-1-5-14-24;3-2(4,5)1(6)7/h1-20,22-23H,21H2;(H,6,7)/q+1;/p-1/b15-12+;. The summed E-state index contributed by atoms with van der Waals surface area (Å²) in [6.07, 6.45) is 3.57. The number of nitrogens with zero attached hydrogens (tertiary/aromatic N) is 2. The predicted octanol–water partition coefficient (Wildman–Crippen LogP) is 3.99. The molecule has 2 aromatic heterocycles. The van der Waals surface area contributed by atoms with Crippen molar-refractivity contribution in [2.24, 2.45) is 0 Å². The summed E-state index contributed by atoms with van der Waals surface area (Å²) in [7, 11) is 0. The first-order chi connectivity index (χ1) is 18.7. The van der Waals surface area contributed by atoms with E-state index in [4.69, 9.17) is 21.7 Å². The molecule has 9 heteroatoms. The van der Waals surface area contributed by atoms with Gasteiger partial charge in [-0.2, -0.15) is 17.6 Å². The van der Waals surface area contributed by atoms with Crippen LogP contribution in [0.1, 0.15) is 5.56 Å². The van der Waals surface area contributed by atoms with Crippen LogP contribution in [-0.4, -0.2) is 16.5 Å². The van der Waals surface area contributed by atoms with Gasteiger partial charge in [-0.25, -0.2) is 4.57 Å². The van der Waals surface area contributed by atoms with Gasteiger partial charge in [0.1, 0.15) is 18.7 Å². The molecule has 3 aromatic carbocycles. The first kappa shape index (κ1) is 28.0. The van der Waals surface area contributed by atoms with Crippen molar-refractivity contribution in [1.29, 1.82) is 0 Å². The van der Waals surface area contributed by atoms with Gasteiger partial charge >= 0.3 is 6.18 Å². The minimum absolute atomic E-state index is 0.779. The maximum absolute atomic E-state index is 10.5. The third-order valence-corrected chi connectivity index (χ3v) is 10.7. The highest BCUT2D eigenvalue weighted by molar-refractivity contribution is 8.25. The number of pyridine rings is 1. The molecular formula is C30H24F3N2O2PS. The molecule has 0 spiro atoms. The minimum atomic E-state index is -5.19. The van der Waals surface area contributed by atoms with Gasteiger partial charge in [-0.15, -0.1) is 0 Å². The first-order valence-electron chi connectivity index (χ1n) is 11.9. The molecule has 0 saturated carbocycles. The maximum atomic E-state index is 10.5. The van der Waals surface area contributed by atoms with Crippen LogP contribution < -0.4 is 25.7 Å². The molecule has 0 aliphatic carbocycles. The molecule has 0 saturated heterocycles. The number of carbonyl (C=O) groups is 1. The highest BCUT2D eigenvalue weighted by Crippen LogP contribution is 2.42. The number of halogens is 3. The quantitative estimate of drug-likeness (QED) is 0.232. The van der Waals surface area contributed by atoms with E-state index in [0.717, 1.165) is 12.2 Å². The van der Waals surface area contributed by atoms with Crippen molar-refractivity contribution < 1.29 is 27.6 Å². The molecule has 0 radical (unpaired) electrons. The van der Waals surface area contributed by atoms with Crippen molar-refractivity contribution in [2.75, 3.05) is 0 Å². The van der Waals surface area contributed by atoms with Crippen molar-refractivity contribution in [3.05, 3.63) is 133 Å². The van der Waals surface area contributed by atoms with E-state index in [1.165, 1.54) is 21.6 Å². The average molecular weight is 565 g/mol. The van der Waals surface area contributed by atoms with Crippen LogP contribution in [0.4, 0.5) is 13.2 Å². The van der Waals surface area contributed by atoms with Gasteiger partial charge in [-0.05, 0) is 28.3 Å². The fraction of sp³-hybridized carbons (Fsp3) is 0.0667. The Morgan fingerprint density at radius 1 is 0.846 bits per heavy atom. The normalized spacial score (nSPS) is 11.8. The Hall–Kier alpha value is -4.00. The number of rotatable bonds is 6. The van der Waals surface area contributed by atoms with Crippen LogP contribution in [0.5, 0.6) is 0 Å².